The van der Waals surface area contributed by atoms with Crippen LogP contribution in [-0.4, -0.2) is 11.9 Å². The van der Waals surface area contributed by atoms with Gasteiger partial charge in [0.2, 0.25) is 5.88 Å². The number of benzene rings is 1. The molecule has 0 aliphatic carbocycles. The van der Waals surface area contributed by atoms with Crippen LogP contribution in [0.5, 0.6) is 11.6 Å². The molecule has 2 heterocycles. The Hall–Kier alpha value is -2.32. The largest absolute Gasteiger partial charge is 0.439 e. The SMILES string of the molecule is CB1OCc2cc(Oc3cc(C)c(C#N)cn3)ccc21. The van der Waals surface area contributed by atoms with E-state index in [1.54, 1.807) is 6.07 Å². The Morgan fingerprint density at radius 3 is 3.00 bits per heavy atom. The molecule has 0 radical (unpaired) electrons. The topological polar surface area (TPSA) is 55.1 Å². The third-order valence-corrected chi connectivity index (χ3v) is 3.47. The Balaban J connectivity index is 1.85. The van der Waals surface area contributed by atoms with Gasteiger partial charge in [0.25, 0.3) is 0 Å². The molecular weight excluding hydrogens is 251 g/mol. The fourth-order valence-electron chi connectivity index (χ4n) is 2.30. The van der Waals surface area contributed by atoms with Gasteiger partial charge >= 0.3 is 6.92 Å². The molecule has 0 N–H and O–H groups in total. The lowest BCUT2D eigenvalue weighted by Crippen LogP contribution is -2.23. The maximum absolute atomic E-state index is 8.88. The zero-order chi connectivity index (χ0) is 14.1. The van der Waals surface area contributed by atoms with Crippen molar-refractivity contribution in [3.8, 4) is 17.7 Å². The van der Waals surface area contributed by atoms with Crippen molar-refractivity contribution < 1.29 is 9.39 Å². The van der Waals surface area contributed by atoms with E-state index in [4.69, 9.17) is 14.7 Å². The number of aromatic nitrogens is 1. The third-order valence-electron chi connectivity index (χ3n) is 3.47. The van der Waals surface area contributed by atoms with Gasteiger partial charge in [0.1, 0.15) is 11.8 Å². The first kappa shape index (κ1) is 12.7. The van der Waals surface area contributed by atoms with E-state index in [1.165, 1.54) is 11.7 Å². The van der Waals surface area contributed by atoms with Gasteiger partial charge < -0.3 is 9.39 Å². The van der Waals surface area contributed by atoms with E-state index in [9.17, 15) is 0 Å². The van der Waals surface area contributed by atoms with E-state index < -0.39 is 0 Å². The highest BCUT2D eigenvalue weighted by molar-refractivity contribution is 6.67. The summed E-state index contributed by atoms with van der Waals surface area (Å²) >= 11 is 0. The molecule has 0 fully saturated rings. The van der Waals surface area contributed by atoms with Crippen LogP contribution in [0, 0.1) is 18.3 Å². The Morgan fingerprint density at radius 1 is 1.40 bits per heavy atom. The van der Waals surface area contributed by atoms with Gasteiger partial charge in [-0.1, -0.05) is 12.9 Å². The van der Waals surface area contributed by atoms with Crippen molar-refractivity contribution in [3.05, 3.63) is 47.2 Å². The van der Waals surface area contributed by atoms with Gasteiger partial charge in [0, 0.05) is 12.3 Å². The molecule has 0 amide bonds. The summed E-state index contributed by atoms with van der Waals surface area (Å²) in [5, 5.41) is 8.88. The quantitative estimate of drug-likeness (QED) is 0.781. The van der Waals surface area contributed by atoms with Gasteiger partial charge in [-0.05, 0) is 35.6 Å². The molecule has 0 saturated heterocycles. The molecule has 1 aromatic carbocycles. The molecule has 0 saturated carbocycles. The van der Waals surface area contributed by atoms with Crippen molar-refractivity contribution in [2.75, 3.05) is 0 Å². The van der Waals surface area contributed by atoms with Gasteiger partial charge in [-0.3, -0.25) is 0 Å². The number of aryl methyl sites for hydroxylation is 1. The first-order valence-corrected chi connectivity index (χ1v) is 6.46. The second kappa shape index (κ2) is 4.99. The molecule has 0 bridgehead atoms. The number of nitriles is 1. The van der Waals surface area contributed by atoms with E-state index in [1.807, 2.05) is 31.9 Å². The Morgan fingerprint density at radius 2 is 2.25 bits per heavy atom. The van der Waals surface area contributed by atoms with Gasteiger partial charge in [-0.25, -0.2) is 4.98 Å². The van der Waals surface area contributed by atoms with Gasteiger partial charge in [-0.15, -0.1) is 0 Å². The van der Waals surface area contributed by atoms with Crippen LogP contribution in [0.3, 0.4) is 0 Å². The number of hydrogen-bond acceptors (Lipinski definition) is 4. The van der Waals surface area contributed by atoms with Gasteiger partial charge in [0.15, 0.2) is 0 Å². The second-order valence-corrected chi connectivity index (χ2v) is 4.87. The van der Waals surface area contributed by atoms with Crippen LogP contribution in [0.2, 0.25) is 6.82 Å². The molecule has 20 heavy (non-hydrogen) atoms. The van der Waals surface area contributed by atoms with Crippen LogP contribution in [0.4, 0.5) is 0 Å². The number of nitrogens with zero attached hydrogens (tertiary/aromatic N) is 2. The van der Waals surface area contributed by atoms with E-state index in [2.05, 4.69) is 11.1 Å². The maximum atomic E-state index is 8.88. The zero-order valence-electron chi connectivity index (χ0n) is 11.4. The van der Waals surface area contributed by atoms with Crippen LogP contribution in [-0.2, 0) is 11.3 Å². The van der Waals surface area contributed by atoms with E-state index in [-0.39, 0.29) is 6.92 Å². The maximum Gasteiger partial charge on any atom is 0.324 e. The van der Waals surface area contributed by atoms with Crippen LogP contribution < -0.4 is 10.2 Å². The molecule has 4 nitrogen and oxygen atoms in total. The normalized spacial score (nSPS) is 12.9. The molecule has 3 rings (SSSR count). The highest BCUT2D eigenvalue weighted by Gasteiger charge is 2.23. The predicted octanol–water partition coefficient (Wildman–Crippen LogP) is 2.41. The number of rotatable bonds is 2. The molecule has 1 aromatic heterocycles. The van der Waals surface area contributed by atoms with E-state index in [0.717, 1.165) is 16.9 Å². The monoisotopic (exact) mass is 264 g/mol. The summed E-state index contributed by atoms with van der Waals surface area (Å²) in [6.45, 7) is 4.67. The lowest BCUT2D eigenvalue weighted by molar-refractivity contribution is 0.333. The standard InChI is InChI=1S/C15H13BN2O2/c1-10-5-15(18-8-12(10)7-17)20-13-3-4-14-11(6-13)9-19-16(14)2/h3-6,8H,9H2,1-2H3. The Kier molecular flexibility index (Phi) is 3.17. The Bertz CT molecular complexity index is 710. The van der Waals surface area contributed by atoms with Gasteiger partial charge in [-0.2, -0.15) is 5.26 Å². The predicted molar refractivity (Wildman–Crippen MR) is 76.2 cm³/mol. The summed E-state index contributed by atoms with van der Waals surface area (Å²) < 4.78 is 11.3. The van der Waals surface area contributed by atoms with E-state index >= 15 is 0 Å². The summed E-state index contributed by atoms with van der Waals surface area (Å²) in [5.41, 5.74) is 3.78. The van der Waals surface area contributed by atoms with Crippen molar-refractivity contribution in [1.82, 2.24) is 4.98 Å². The van der Waals surface area contributed by atoms with Crippen LogP contribution in [0.15, 0.2) is 30.5 Å². The lowest BCUT2D eigenvalue weighted by atomic mass is 9.64. The third kappa shape index (κ3) is 2.26. The lowest BCUT2D eigenvalue weighted by Gasteiger charge is -2.07. The fraction of sp³-hybridized carbons (Fsp3) is 0.200. The minimum atomic E-state index is 0.148. The minimum absolute atomic E-state index is 0.148. The van der Waals surface area contributed by atoms with Crippen LogP contribution in [0.25, 0.3) is 0 Å². The highest BCUT2D eigenvalue weighted by Crippen LogP contribution is 2.23. The Labute approximate surface area is 118 Å². The molecule has 98 valence electrons. The smallest absolute Gasteiger partial charge is 0.324 e. The molecule has 2 aromatic rings. The number of hydrogen-bond donors (Lipinski definition) is 0. The first-order chi connectivity index (χ1) is 9.67. The van der Waals surface area contributed by atoms with Crippen molar-refractivity contribution in [2.24, 2.45) is 0 Å². The highest BCUT2D eigenvalue weighted by atomic mass is 16.5. The zero-order valence-corrected chi connectivity index (χ0v) is 11.4. The first-order valence-electron chi connectivity index (χ1n) is 6.46. The summed E-state index contributed by atoms with van der Waals surface area (Å²) in [6.07, 6.45) is 1.53. The van der Waals surface area contributed by atoms with Crippen molar-refractivity contribution in [1.29, 1.82) is 5.26 Å². The van der Waals surface area contributed by atoms with E-state index in [0.29, 0.717) is 18.1 Å². The molecular formula is C15H13BN2O2. The molecule has 5 heteroatoms. The minimum Gasteiger partial charge on any atom is -0.439 e. The molecule has 1 aliphatic rings. The molecule has 0 spiro atoms. The average molecular weight is 264 g/mol. The molecule has 0 unspecified atom stereocenters. The van der Waals surface area contributed by atoms with Crippen molar-refractivity contribution in [2.45, 2.75) is 20.4 Å². The fourth-order valence-corrected chi connectivity index (χ4v) is 2.30. The summed E-state index contributed by atoms with van der Waals surface area (Å²) in [7, 11) is 0. The number of fused-ring (bicyclic) bond motifs is 1. The summed E-state index contributed by atoms with van der Waals surface area (Å²) in [4.78, 5) is 4.14. The number of ether oxygens (including phenoxy) is 1. The number of pyridine rings is 1. The summed E-state index contributed by atoms with van der Waals surface area (Å²) in [6, 6.07) is 9.78. The average Bonchev–Trinajstić information content (AvgIpc) is 2.80. The van der Waals surface area contributed by atoms with Gasteiger partial charge in [0.05, 0.1) is 12.2 Å². The summed E-state index contributed by atoms with van der Waals surface area (Å²) in [5.74, 6) is 1.23. The van der Waals surface area contributed by atoms with Crippen LogP contribution in [0.1, 0.15) is 16.7 Å². The van der Waals surface area contributed by atoms with Crippen LogP contribution >= 0.6 is 0 Å². The molecule has 0 atom stereocenters. The van der Waals surface area contributed by atoms with Crippen molar-refractivity contribution in [3.63, 3.8) is 0 Å². The van der Waals surface area contributed by atoms with Crippen molar-refractivity contribution >= 4 is 12.4 Å². The molecule has 1 aliphatic heterocycles. The second-order valence-electron chi connectivity index (χ2n) is 4.87.